The van der Waals surface area contributed by atoms with Gasteiger partial charge in [-0.3, -0.25) is 4.79 Å². The molecular formula is C12H16IN3OS. The van der Waals surface area contributed by atoms with Crippen LogP contribution in [0.1, 0.15) is 26.3 Å². The van der Waals surface area contributed by atoms with Crippen LogP contribution in [-0.2, 0) is 4.79 Å². The second-order valence-corrected chi connectivity index (χ2v) is 6.63. The third-order valence-electron chi connectivity index (χ3n) is 2.19. The number of hydrogen-bond acceptors (Lipinski definition) is 3. The highest BCUT2D eigenvalue weighted by Gasteiger charge is 2.22. The fourth-order valence-corrected chi connectivity index (χ4v) is 1.90. The lowest BCUT2D eigenvalue weighted by atomic mass is 9.96. The van der Waals surface area contributed by atoms with Crippen LogP contribution in [0.25, 0.3) is 0 Å². The molecule has 2 N–H and O–H groups in total. The van der Waals surface area contributed by atoms with Gasteiger partial charge in [0.1, 0.15) is 5.82 Å². The van der Waals surface area contributed by atoms with Gasteiger partial charge in [-0.1, -0.05) is 20.8 Å². The first-order chi connectivity index (χ1) is 8.20. The Bertz CT molecular complexity index is 483. The Kier molecular flexibility index (Phi) is 5.03. The lowest BCUT2D eigenvalue weighted by molar-refractivity contribution is -0.126. The van der Waals surface area contributed by atoms with Crippen molar-refractivity contribution < 1.29 is 4.79 Å². The van der Waals surface area contributed by atoms with Gasteiger partial charge in [0.2, 0.25) is 5.91 Å². The monoisotopic (exact) mass is 377 g/mol. The second kappa shape index (κ2) is 5.92. The molecule has 0 aromatic carbocycles. The average Bonchev–Trinajstić information content (AvgIpc) is 2.20. The van der Waals surface area contributed by atoms with Crippen LogP contribution in [0.4, 0.5) is 5.82 Å². The van der Waals surface area contributed by atoms with Crippen LogP contribution in [0.2, 0.25) is 0 Å². The zero-order valence-electron chi connectivity index (χ0n) is 10.8. The average molecular weight is 377 g/mol. The third kappa shape index (κ3) is 4.49. The summed E-state index contributed by atoms with van der Waals surface area (Å²) in [7, 11) is 0. The summed E-state index contributed by atoms with van der Waals surface area (Å²) in [6, 6.07) is 1.99. The molecule has 1 amide bonds. The van der Waals surface area contributed by atoms with E-state index in [0.29, 0.717) is 5.82 Å². The Morgan fingerprint density at radius 2 is 2.06 bits per heavy atom. The molecule has 0 aliphatic heterocycles. The van der Waals surface area contributed by atoms with Gasteiger partial charge in [0.15, 0.2) is 5.11 Å². The van der Waals surface area contributed by atoms with E-state index in [1.54, 1.807) is 6.20 Å². The molecule has 0 fully saturated rings. The highest BCUT2D eigenvalue weighted by molar-refractivity contribution is 14.1. The smallest absolute Gasteiger partial charge is 0.231 e. The van der Waals surface area contributed by atoms with Gasteiger partial charge in [0.05, 0.1) is 0 Å². The summed E-state index contributed by atoms with van der Waals surface area (Å²) < 4.78 is 1.06. The molecule has 0 aliphatic rings. The van der Waals surface area contributed by atoms with Crippen LogP contribution in [0.3, 0.4) is 0 Å². The van der Waals surface area contributed by atoms with E-state index in [0.717, 1.165) is 9.13 Å². The second-order valence-electron chi connectivity index (χ2n) is 4.98. The Morgan fingerprint density at radius 3 is 2.56 bits per heavy atom. The van der Waals surface area contributed by atoms with E-state index in [2.05, 4.69) is 38.2 Å². The molecular weight excluding hydrogens is 361 g/mol. The molecule has 0 saturated heterocycles. The molecule has 0 spiro atoms. The number of aryl methyl sites for hydroxylation is 1. The molecule has 6 heteroatoms. The molecule has 1 heterocycles. The highest BCUT2D eigenvalue weighted by Crippen LogP contribution is 2.15. The van der Waals surface area contributed by atoms with E-state index in [4.69, 9.17) is 12.2 Å². The number of carbonyl (C=O) groups is 1. The predicted octanol–water partition coefficient (Wildman–Crippen LogP) is 2.85. The number of nitrogens with zero attached hydrogens (tertiary/aromatic N) is 1. The summed E-state index contributed by atoms with van der Waals surface area (Å²) >= 11 is 7.28. The highest BCUT2D eigenvalue weighted by atomic mass is 127. The summed E-state index contributed by atoms with van der Waals surface area (Å²) in [5, 5.41) is 5.85. The Morgan fingerprint density at radius 1 is 1.44 bits per heavy atom. The number of carbonyl (C=O) groups excluding carboxylic acids is 1. The molecule has 0 saturated carbocycles. The maximum absolute atomic E-state index is 11.7. The molecule has 1 aromatic heterocycles. The number of anilines is 1. The molecule has 0 atom stereocenters. The van der Waals surface area contributed by atoms with Crippen molar-refractivity contribution in [1.82, 2.24) is 10.3 Å². The normalized spacial score (nSPS) is 10.9. The summed E-state index contributed by atoms with van der Waals surface area (Å²) in [5.74, 6) is 0.540. The standard InChI is InChI=1S/C12H16IN3OS/c1-7-5-8(13)6-14-9(7)15-11(18)16-10(17)12(2,3)4/h5-6H,1-4H3,(H2,14,15,16,17,18). The molecule has 0 aliphatic carbocycles. The first-order valence-electron chi connectivity index (χ1n) is 5.45. The van der Waals surface area contributed by atoms with Crippen LogP contribution in [0, 0.1) is 15.9 Å². The summed E-state index contributed by atoms with van der Waals surface area (Å²) in [5.41, 5.74) is 0.509. The van der Waals surface area contributed by atoms with Crippen molar-refractivity contribution in [2.24, 2.45) is 5.41 Å². The van der Waals surface area contributed by atoms with Gasteiger partial charge >= 0.3 is 0 Å². The third-order valence-corrected chi connectivity index (χ3v) is 2.98. The zero-order chi connectivity index (χ0) is 13.9. The van der Waals surface area contributed by atoms with Crippen molar-refractivity contribution in [1.29, 1.82) is 0 Å². The maximum atomic E-state index is 11.7. The van der Waals surface area contributed by atoms with E-state index < -0.39 is 5.41 Å². The number of aromatic nitrogens is 1. The van der Waals surface area contributed by atoms with Crippen molar-refractivity contribution in [2.75, 3.05) is 5.32 Å². The van der Waals surface area contributed by atoms with Crippen molar-refractivity contribution in [3.63, 3.8) is 0 Å². The quantitative estimate of drug-likeness (QED) is 0.584. The largest absolute Gasteiger partial charge is 0.317 e. The van der Waals surface area contributed by atoms with Crippen LogP contribution >= 0.6 is 34.8 Å². The minimum absolute atomic E-state index is 0.122. The fraction of sp³-hybridized carbons (Fsp3) is 0.417. The van der Waals surface area contributed by atoms with Gasteiger partial charge < -0.3 is 10.6 Å². The van der Waals surface area contributed by atoms with Gasteiger partial charge in [-0.25, -0.2) is 4.98 Å². The summed E-state index contributed by atoms with van der Waals surface area (Å²) in [4.78, 5) is 16.0. The molecule has 1 aromatic rings. The van der Waals surface area contributed by atoms with Crippen LogP contribution in [0.5, 0.6) is 0 Å². The predicted molar refractivity (Wildman–Crippen MR) is 85.5 cm³/mol. The Labute approximate surface area is 126 Å². The number of nitrogens with one attached hydrogen (secondary N) is 2. The Balaban J connectivity index is 2.68. The molecule has 4 nitrogen and oxygen atoms in total. The molecule has 98 valence electrons. The number of amides is 1. The topological polar surface area (TPSA) is 54.0 Å². The first-order valence-corrected chi connectivity index (χ1v) is 6.93. The number of thiocarbonyl (C=S) groups is 1. The first kappa shape index (κ1) is 15.3. The SMILES string of the molecule is Cc1cc(I)cnc1NC(=S)NC(=O)C(C)(C)C. The van der Waals surface area contributed by atoms with Gasteiger partial charge in [-0.15, -0.1) is 0 Å². The van der Waals surface area contributed by atoms with Gasteiger partial charge in [-0.05, 0) is 53.4 Å². The molecule has 0 unspecified atom stereocenters. The van der Waals surface area contributed by atoms with Crippen molar-refractivity contribution >= 4 is 51.6 Å². The molecule has 1 rings (SSSR count). The van der Waals surface area contributed by atoms with E-state index in [9.17, 15) is 4.79 Å². The minimum atomic E-state index is -0.472. The van der Waals surface area contributed by atoms with Crippen molar-refractivity contribution in [3.8, 4) is 0 Å². The summed E-state index contributed by atoms with van der Waals surface area (Å²) in [6.45, 7) is 7.43. The molecule has 0 radical (unpaired) electrons. The number of halogens is 1. The number of hydrogen-bond donors (Lipinski definition) is 2. The molecule has 0 bridgehead atoms. The van der Waals surface area contributed by atoms with E-state index >= 15 is 0 Å². The van der Waals surface area contributed by atoms with Crippen molar-refractivity contribution in [2.45, 2.75) is 27.7 Å². The fourth-order valence-electron chi connectivity index (χ4n) is 1.10. The van der Waals surface area contributed by atoms with Gasteiger partial charge in [-0.2, -0.15) is 0 Å². The van der Waals surface area contributed by atoms with E-state index in [-0.39, 0.29) is 11.0 Å². The summed E-state index contributed by atoms with van der Waals surface area (Å²) in [6.07, 6.45) is 1.74. The maximum Gasteiger partial charge on any atom is 0.231 e. The van der Waals surface area contributed by atoms with E-state index in [1.807, 2.05) is 33.8 Å². The van der Waals surface area contributed by atoms with Gasteiger partial charge in [0, 0.05) is 15.2 Å². The van der Waals surface area contributed by atoms with E-state index in [1.165, 1.54) is 0 Å². The lowest BCUT2D eigenvalue weighted by Gasteiger charge is -2.18. The van der Waals surface area contributed by atoms with Crippen molar-refractivity contribution in [3.05, 3.63) is 21.4 Å². The number of pyridine rings is 1. The van der Waals surface area contributed by atoms with Crippen LogP contribution in [-0.4, -0.2) is 16.0 Å². The lowest BCUT2D eigenvalue weighted by Crippen LogP contribution is -2.41. The Hall–Kier alpha value is -0.760. The molecule has 18 heavy (non-hydrogen) atoms. The van der Waals surface area contributed by atoms with Crippen LogP contribution in [0.15, 0.2) is 12.3 Å². The number of rotatable bonds is 1. The zero-order valence-corrected chi connectivity index (χ0v) is 13.8. The minimum Gasteiger partial charge on any atom is -0.317 e. The van der Waals surface area contributed by atoms with Gasteiger partial charge in [0.25, 0.3) is 0 Å². The van der Waals surface area contributed by atoms with Crippen LogP contribution < -0.4 is 10.6 Å².